The van der Waals surface area contributed by atoms with Gasteiger partial charge in [0.15, 0.2) is 23.0 Å². The zero-order chi connectivity index (χ0) is 33.0. The Kier molecular flexibility index (Phi) is 9.27. The second-order valence-corrected chi connectivity index (χ2v) is 13.2. The molecule has 240 valence electrons. The molecule has 2 N–H and O–H groups in total. The first-order valence-corrected chi connectivity index (χ1v) is 16.9. The molecule has 0 fully saturated rings. The van der Waals surface area contributed by atoms with Gasteiger partial charge in [0.2, 0.25) is 13.6 Å². The number of halogens is 2. The predicted molar refractivity (Wildman–Crippen MR) is 192 cm³/mol. The molecule has 8 heteroatoms. The van der Waals surface area contributed by atoms with Gasteiger partial charge in [-0.3, -0.25) is 0 Å². The molecule has 48 heavy (non-hydrogen) atoms. The summed E-state index contributed by atoms with van der Waals surface area (Å²) < 4.78 is 23.7. The highest BCUT2D eigenvalue weighted by Gasteiger charge is 2.26. The van der Waals surface area contributed by atoms with Gasteiger partial charge in [-0.1, -0.05) is 117 Å². The Labute approximate surface area is 295 Å². The molecule has 6 nitrogen and oxygen atoms in total. The number of ether oxygens (including phenoxy) is 4. The fourth-order valence-electron chi connectivity index (χ4n) is 6.06. The lowest BCUT2D eigenvalue weighted by atomic mass is 9.84. The lowest BCUT2D eigenvalue weighted by Gasteiger charge is -2.20. The van der Waals surface area contributed by atoms with Crippen molar-refractivity contribution in [3.8, 4) is 34.5 Å². The van der Waals surface area contributed by atoms with Gasteiger partial charge in [-0.15, -0.1) is 0 Å². The maximum absolute atomic E-state index is 10.6. The molecular weight excluding hydrogens is 736 g/mol. The molecule has 2 aliphatic heterocycles. The summed E-state index contributed by atoms with van der Waals surface area (Å²) in [5, 5.41) is 21.2. The summed E-state index contributed by atoms with van der Waals surface area (Å²) in [6.07, 6.45) is 0. The van der Waals surface area contributed by atoms with Crippen molar-refractivity contribution in [2.45, 2.75) is 11.8 Å². The van der Waals surface area contributed by atoms with Gasteiger partial charge in [0.25, 0.3) is 0 Å². The van der Waals surface area contributed by atoms with E-state index >= 15 is 0 Å². The van der Waals surface area contributed by atoms with Gasteiger partial charge >= 0.3 is 0 Å². The monoisotopic (exact) mass is 764 g/mol. The summed E-state index contributed by atoms with van der Waals surface area (Å²) in [7, 11) is 0. The average Bonchev–Trinajstić information content (AvgIpc) is 3.77. The first kappa shape index (κ1) is 31.7. The van der Waals surface area contributed by atoms with Gasteiger partial charge < -0.3 is 29.2 Å². The van der Waals surface area contributed by atoms with E-state index in [0.29, 0.717) is 23.0 Å². The minimum atomic E-state index is -0.0891. The lowest BCUT2D eigenvalue weighted by molar-refractivity contribution is 0.173. The minimum Gasteiger partial charge on any atom is -0.507 e. The topological polar surface area (TPSA) is 77.4 Å². The van der Waals surface area contributed by atoms with E-state index < -0.39 is 0 Å². The summed E-state index contributed by atoms with van der Waals surface area (Å²) >= 11 is 6.95. The molecule has 8 rings (SSSR count). The number of phenolic OH excluding ortho intramolecular Hbond substituents is 2. The lowest BCUT2D eigenvalue weighted by Crippen LogP contribution is -2.04. The Morgan fingerprint density at radius 1 is 0.417 bits per heavy atom. The van der Waals surface area contributed by atoms with Crippen molar-refractivity contribution in [1.29, 1.82) is 0 Å². The van der Waals surface area contributed by atoms with Crippen molar-refractivity contribution >= 4 is 31.9 Å². The van der Waals surface area contributed by atoms with Crippen LogP contribution in [0.15, 0.2) is 142 Å². The molecule has 0 saturated heterocycles. The van der Waals surface area contributed by atoms with Gasteiger partial charge in [-0.25, -0.2) is 0 Å². The van der Waals surface area contributed by atoms with E-state index in [9.17, 15) is 10.2 Å². The SMILES string of the molecule is Oc1cc2c(cc1[C@@H](c1ccccc1)c1ccc(Br)cc1)OCO2.Oc1cc2c(cc1[C@@H](c1ccccc1)c1ccc(Br)cc1)OCO2. The Bertz CT molecular complexity index is 1870. The molecule has 0 radical (unpaired) electrons. The molecule has 2 atom stereocenters. The third-order valence-electron chi connectivity index (χ3n) is 8.34. The van der Waals surface area contributed by atoms with Gasteiger partial charge in [0, 0.05) is 44.0 Å². The van der Waals surface area contributed by atoms with Gasteiger partial charge in [0.05, 0.1) is 0 Å². The number of phenols is 2. The first-order chi connectivity index (χ1) is 23.4. The standard InChI is InChI=1S/2C20H15BrO3/c2*21-15-8-6-14(7-9-15)20(13-4-2-1-3-5-13)16-10-18-19(11-17(16)22)24-12-23-18/h2*1-11,20,22H,12H2/t2*20-/m00/s1. The second-order valence-electron chi connectivity index (χ2n) is 11.3. The van der Waals surface area contributed by atoms with Gasteiger partial charge in [0.1, 0.15) is 11.5 Å². The van der Waals surface area contributed by atoms with Crippen LogP contribution in [-0.4, -0.2) is 23.8 Å². The van der Waals surface area contributed by atoms with Crippen LogP contribution in [0.4, 0.5) is 0 Å². The molecule has 0 unspecified atom stereocenters. The largest absolute Gasteiger partial charge is 0.507 e. The average molecular weight is 766 g/mol. The van der Waals surface area contributed by atoms with Crippen LogP contribution >= 0.6 is 31.9 Å². The van der Waals surface area contributed by atoms with Crippen molar-refractivity contribution in [1.82, 2.24) is 0 Å². The fraction of sp³-hybridized carbons (Fsp3) is 0.100. The summed E-state index contributed by atoms with van der Waals surface area (Å²) in [6, 6.07) is 43.6. The van der Waals surface area contributed by atoms with Crippen LogP contribution in [-0.2, 0) is 0 Å². The normalized spacial score (nSPS) is 13.7. The zero-order valence-electron chi connectivity index (χ0n) is 25.6. The van der Waals surface area contributed by atoms with E-state index in [-0.39, 0.29) is 36.9 Å². The maximum atomic E-state index is 10.6. The van der Waals surface area contributed by atoms with Crippen LogP contribution in [0.1, 0.15) is 45.2 Å². The van der Waals surface area contributed by atoms with Crippen LogP contribution in [0.2, 0.25) is 0 Å². The van der Waals surface area contributed by atoms with Crippen molar-refractivity contribution < 1.29 is 29.2 Å². The van der Waals surface area contributed by atoms with Crippen molar-refractivity contribution in [2.75, 3.05) is 13.6 Å². The first-order valence-electron chi connectivity index (χ1n) is 15.3. The molecule has 0 saturated carbocycles. The number of hydrogen-bond donors (Lipinski definition) is 2. The van der Waals surface area contributed by atoms with Crippen LogP contribution in [0, 0.1) is 0 Å². The molecule has 0 aromatic heterocycles. The van der Waals surface area contributed by atoms with E-state index in [0.717, 1.165) is 42.3 Å². The number of aromatic hydroxyl groups is 2. The highest BCUT2D eigenvalue weighted by molar-refractivity contribution is 9.10. The Morgan fingerprint density at radius 2 is 0.729 bits per heavy atom. The minimum absolute atomic E-state index is 0.0891. The van der Waals surface area contributed by atoms with E-state index in [2.05, 4.69) is 80.4 Å². The quantitative estimate of drug-likeness (QED) is 0.165. The molecule has 6 aromatic carbocycles. The molecule has 0 aliphatic carbocycles. The number of rotatable bonds is 6. The Morgan fingerprint density at radius 3 is 1.08 bits per heavy atom. The predicted octanol–water partition coefficient (Wildman–Crippen LogP) is 10.1. The number of benzene rings is 6. The van der Waals surface area contributed by atoms with Gasteiger partial charge in [-0.2, -0.15) is 0 Å². The third-order valence-corrected chi connectivity index (χ3v) is 9.40. The summed E-state index contributed by atoms with van der Waals surface area (Å²) in [5.41, 5.74) is 6.00. The summed E-state index contributed by atoms with van der Waals surface area (Å²) in [5.74, 6) is 2.73. The maximum Gasteiger partial charge on any atom is 0.231 e. The molecular formula is C40H30Br2O6. The smallest absolute Gasteiger partial charge is 0.231 e. The number of hydrogen-bond acceptors (Lipinski definition) is 6. The summed E-state index contributed by atoms with van der Waals surface area (Å²) in [6.45, 7) is 0.374. The van der Waals surface area contributed by atoms with Crippen LogP contribution < -0.4 is 18.9 Å². The van der Waals surface area contributed by atoms with Crippen LogP contribution in [0.5, 0.6) is 34.5 Å². The second kappa shape index (κ2) is 14.1. The molecule has 6 aromatic rings. The zero-order valence-corrected chi connectivity index (χ0v) is 28.7. The molecule has 0 amide bonds. The highest BCUT2D eigenvalue weighted by Crippen LogP contribution is 2.46. The van der Waals surface area contributed by atoms with Crippen molar-refractivity contribution in [3.63, 3.8) is 0 Å². The van der Waals surface area contributed by atoms with Crippen LogP contribution in [0.3, 0.4) is 0 Å². The van der Waals surface area contributed by atoms with E-state index in [1.165, 1.54) is 0 Å². The fourth-order valence-corrected chi connectivity index (χ4v) is 6.59. The van der Waals surface area contributed by atoms with Crippen LogP contribution in [0.25, 0.3) is 0 Å². The highest BCUT2D eigenvalue weighted by atomic mass is 79.9. The molecule has 0 bridgehead atoms. The van der Waals surface area contributed by atoms with Crippen molar-refractivity contribution in [2.24, 2.45) is 0 Å². The molecule has 2 aliphatic rings. The van der Waals surface area contributed by atoms with E-state index in [1.54, 1.807) is 12.1 Å². The van der Waals surface area contributed by atoms with Crippen molar-refractivity contribution in [3.05, 3.63) is 176 Å². The summed E-state index contributed by atoms with van der Waals surface area (Å²) in [4.78, 5) is 0. The van der Waals surface area contributed by atoms with E-state index in [1.807, 2.05) is 72.8 Å². The Balaban J connectivity index is 0.000000152. The van der Waals surface area contributed by atoms with E-state index in [4.69, 9.17) is 18.9 Å². The van der Waals surface area contributed by atoms with Gasteiger partial charge in [-0.05, 0) is 58.7 Å². The third kappa shape index (κ3) is 6.72. The number of fused-ring (bicyclic) bond motifs is 2. The molecule has 0 spiro atoms. The molecule has 2 heterocycles. The Hall–Kier alpha value is -4.92.